The fourth-order valence-electron chi connectivity index (χ4n) is 3.05. The normalized spacial score (nSPS) is 14.8. The molecule has 1 aliphatic heterocycles. The first-order valence-corrected chi connectivity index (χ1v) is 12.5. The van der Waals surface area contributed by atoms with Crippen molar-refractivity contribution in [2.24, 2.45) is 0 Å². The van der Waals surface area contributed by atoms with E-state index in [9.17, 15) is 9.59 Å². The third-order valence-corrected chi connectivity index (χ3v) is 6.58. The van der Waals surface area contributed by atoms with Crippen LogP contribution in [0.2, 0.25) is 5.02 Å². The lowest BCUT2D eigenvalue weighted by Gasteiger charge is -2.18. The molecule has 1 saturated heterocycles. The highest BCUT2D eigenvalue weighted by molar-refractivity contribution is 9.10. The number of rotatable bonds is 8. The molecule has 3 rings (SSSR count). The van der Waals surface area contributed by atoms with Gasteiger partial charge in [0.2, 0.25) is 0 Å². The van der Waals surface area contributed by atoms with Gasteiger partial charge in [0.05, 0.1) is 16.0 Å². The minimum atomic E-state index is -0.340. The molecule has 2 aromatic rings. The number of halogens is 2. The van der Waals surface area contributed by atoms with Crippen molar-refractivity contribution in [1.29, 1.82) is 0 Å². The van der Waals surface area contributed by atoms with Gasteiger partial charge in [0.1, 0.15) is 4.32 Å². The maximum atomic E-state index is 12.7. The first-order chi connectivity index (χ1) is 15.7. The molecule has 1 fully saturated rings. The van der Waals surface area contributed by atoms with Crippen LogP contribution in [0.25, 0.3) is 6.08 Å². The summed E-state index contributed by atoms with van der Waals surface area (Å²) in [6, 6.07) is 10.4. The highest BCUT2D eigenvalue weighted by Gasteiger charge is 2.33. The van der Waals surface area contributed by atoms with Crippen molar-refractivity contribution in [2.75, 3.05) is 18.5 Å². The summed E-state index contributed by atoms with van der Waals surface area (Å²) >= 11 is 16.1. The van der Waals surface area contributed by atoms with Gasteiger partial charge < -0.3 is 14.8 Å². The summed E-state index contributed by atoms with van der Waals surface area (Å²) in [6.45, 7) is 5.87. The zero-order valence-electron chi connectivity index (χ0n) is 18.2. The van der Waals surface area contributed by atoms with Crippen LogP contribution in [0.15, 0.2) is 45.8 Å². The first kappa shape index (κ1) is 25.6. The van der Waals surface area contributed by atoms with E-state index in [1.54, 1.807) is 47.4 Å². The van der Waals surface area contributed by atoms with Gasteiger partial charge in [-0.05, 0) is 78.7 Å². The second-order valence-electron chi connectivity index (χ2n) is 7.26. The number of thioether (sulfide) groups is 1. The predicted molar refractivity (Wildman–Crippen MR) is 141 cm³/mol. The van der Waals surface area contributed by atoms with Gasteiger partial charge in [0.25, 0.3) is 11.8 Å². The van der Waals surface area contributed by atoms with Crippen molar-refractivity contribution in [3.8, 4) is 11.5 Å². The molecule has 174 valence electrons. The van der Waals surface area contributed by atoms with Crippen LogP contribution < -0.4 is 14.8 Å². The summed E-state index contributed by atoms with van der Waals surface area (Å²) in [7, 11) is 0. The van der Waals surface area contributed by atoms with Gasteiger partial charge in [-0.3, -0.25) is 14.5 Å². The molecule has 33 heavy (non-hydrogen) atoms. The minimum Gasteiger partial charge on any atom is -0.490 e. The number of amides is 2. The summed E-state index contributed by atoms with van der Waals surface area (Å²) in [6.07, 6.45) is 1.77. The standard InChI is InChI=1S/C23H22BrClN2O4S2/c1-4-30-18-9-14(10-19-22(29)27(13(2)3)23(32)33-19)8-17(24)21(18)31-12-20(28)26-16-7-5-6-15(25)11-16/h5-11,13H,4,12H2,1-3H3,(H,26,28)/b19-10-. The molecule has 6 nitrogen and oxygen atoms in total. The third-order valence-electron chi connectivity index (χ3n) is 4.43. The molecule has 0 spiro atoms. The maximum Gasteiger partial charge on any atom is 0.266 e. The number of benzene rings is 2. The number of thiocarbonyl (C=S) groups is 1. The summed E-state index contributed by atoms with van der Waals surface area (Å²) in [5.74, 6) is 0.387. The highest BCUT2D eigenvalue weighted by atomic mass is 79.9. The molecule has 1 aliphatic rings. The molecule has 0 saturated carbocycles. The molecule has 2 amide bonds. The number of anilines is 1. The summed E-state index contributed by atoms with van der Waals surface area (Å²) in [5, 5.41) is 3.26. The molecular weight excluding hydrogens is 548 g/mol. The van der Waals surface area contributed by atoms with Crippen LogP contribution in [-0.4, -0.2) is 40.3 Å². The topological polar surface area (TPSA) is 67.9 Å². The van der Waals surface area contributed by atoms with Crippen LogP contribution >= 0.6 is 51.5 Å². The summed E-state index contributed by atoms with van der Waals surface area (Å²) in [4.78, 5) is 27.2. The quantitative estimate of drug-likeness (QED) is 0.305. The van der Waals surface area contributed by atoms with E-state index in [0.717, 1.165) is 5.56 Å². The number of carbonyl (C=O) groups excluding carboxylic acids is 2. The van der Waals surface area contributed by atoms with E-state index in [4.69, 9.17) is 33.3 Å². The van der Waals surface area contributed by atoms with Crippen LogP contribution in [0.1, 0.15) is 26.3 Å². The fourth-order valence-corrected chi connectivity index (χ4v) is 5.34. The Balaban J connectivity index is 1.78. The van der Waals surface area contributed by atoms with Crippen molar-refractivity contribution in [3.05, 3.63) is 56.4 Å². The molecule has 0 radical (unpaired) electrons. The van der Waals surface area contributed by atoms with E-state index in [-0.39, 0.29) is 24.5 Å². The average molecular weight is 570 g/mol. The number of carbonyl (C=O) groups is 2. The van der Waals surface area contributed by atoms with Crippen LogP contribution in [0.3, 0.4) is 0 Å². The molecule has 0 bridgehead atoms. The van der Waals surface area contributed by atoms with E-state index in [1.807, 2.05) is 20.8 Å². The summed E-state index contributed by atoms with van der Waals surface area (Å²) < 4.78 is 12.6. The number of ether oxygens (including phenoxy) is 2. The van der Waals surface area contributed by atoms with Gasteiger partial charge >= 0.3 is 0 Å². The molecule has 2 aromatic carbocycles. The second kappa shape index (κ2) is 11.4. The molecule has 0 atom stereocenters. The van der Waals surface area contributed by atoms with Crippen LogP contribution in [0.4, 0.5) is 5.69 Å². The molecular formula is C23H22BrClN2O4S2. The Morgan fingerprint density at radius 2 is 2.06 bits per heavy atom. The average Bonchev–Trinajstić information content (AvgIpc) is 3.00. The Kier molecular flexibility index (Phi) is 8.81. The van der Waals surface area contributed by atoms with Gasteiger partial charge in [-0.15, -0.1) is 0 Å². The molecule has 0 unspecified atom stereocenters. The van der Waals surface area contributed by atoms with E-state index in [2.05, 4.69) is 21.2 Å². The smallest absolute Gasteiger partial charge is 0.266 e. The third kappa shape index (κ3) is 6.50. The SMILES string of the molecule is CCOc1cc(/C=C2\SC(=S)N(C(C)C)C2=O)cc(Br)c1OCC(=O)Nc1cccc(Cl)c1. The zero-order valence-corrected chi connectivity index (χ0v) is 22.2. The predicted octanol–water partition coefficient (Wildman–Crippen LogP) is 6.13. The number of nitrogens with zero attached hydrogens (tertiary/aromatic N) is 1. The number of nitrogens with one attached hydrogen (secondary N) is 1. The monoisotopic (exact) mass is 568 g/mol. The first-order valence-electron chi connectivity index (χ1n) is 10.1. The van der Waals surface area contributed by atoms with E-state index >= 15 is 0 Å². The van der Waals surface area contributed by atoms with E-state index in [1.165, 1.54) is 11.8 Å². The Morgan fingerprint density at radius 1 is 1.30 bits per heavy atom. The maximum absolute atomic E-state index is 12.7. The van der Waals surface area contributed by atoms with Gasteiger partial charge in [-0.1, -0.05) is 41.6 Å². The van der Waals surface area contributed by atoms with Crippen LogP contribution in [0.5, 0.6) is 11.5 Å². The number of hydrogen-bond acceptors (Lipinski definition) is 6. The van der Waals surface area contributed by atoms with Crippen LogP contribution in [-0.2, 0) is 9.59 Å². The molecule has 0 aromatic heterocycles. The van der Waals surface area contributed by atoms with Gasteiger partial charge in [0.15, 0.2) is 18.1 Å². The number of hydrogen-bond donors (Lipinski definition) is 1. The van der Waals surface area contributed by atoms with Gasteiger partial charge in [0, 0.05) is 16.8 Å². The zero-order chi connectivity index (χ0) is 24.1. The lowest BCUT2D eigenvalue weighted by atomic mass is 10.1. The van der Waals surface area contributed by atoms with Gasteiger partial charge in [-0.25, -0.2) is 0 Å². The Hall–Kier alpha value is -2.07. The fraction of sp³-hybridized carbons (Fsp3) is 0.261. The van der Waals surface area contributed by atoms with E-state index in [0.29, 0.717) is 42.5 Å². The molecule has 10 heteroatoms. The lowest BCUT2D eigenvalue weighted by Crippen LogP contribution is -2.34. The Morgan fingerprint density at radius 3 is 2.70 bits per heavy atom. The lowest BCUT2D eigenvalue weighted by molar-refractivity contribution is -0.123. The largest absolute Gasteiger partial charge is 0.490 e. The molecule has 0 aliphatic carbocycles. The second-order valence-corrected chi connectivity index (χ2v) is 10.2. The molecule has 1 heterocycles. The summed E-state index contributed by atoms with van der Waals surface area (Å²) in [5.41, 5.74) is 1.32. The van der Waals surface area contributed by atoms with Crippen molar-refractivity contribution in [1.82, 2.24) is 4.90 Å². The van der Waals surface area contributed by atoms with Crippen molar-refractivity contribution in [2.45, 2.75) is 26.8 Å². The molecule has 1 N–H and O–H groups in total. The van der Waals surface area contributed by atoms with Crippen molar-refractivity contribution >= 4 is 79.4 Å². The minimum absolute atomic E-state index is 0.0112. The highest BCUT2D eigenvalue weighted by Crippen LogP contribution is 2.39. The Bertz CT molecular complexity index is 1120. The van der Waals surface area contributed by atoms with Gasteiger partial charge in [-0.2, -0.15) is 0 Å². The Labute approximate surface area is 215 Å². The van der Waals surface area contributed by atoms with Crippen molar-refractivity contribution < 1.29 is 19.1 Å². The van der Waals surface area contributed by atoms with Crippen LogP contribution in [0, 0.1) is 0 Å². The van der Waals surface area contributed by atoms with E-state index < -0.39 is 0 Å². The van der Waals surface area contributed by atoms with Crippen molar-refractivity contribution in [3.63, 3.8) is 0 Å².